The zero-order valence-corrected chi connectivity index (χ0v) is 28.0. The van der Waals surface area contributed by atoms with Crippen molar-refractivity contribution in [2.45, 2.75) is 75.7 Å². The monoisotopic (exact) mass is 662 g/mol. The van der Waals surface area contributed by atoms with Crippen molar-refractivity contribution >= 4 is 31.6 Å². The van der Waals surface area contributed by atoms with Crippen LogP contribution in [0.3, 0.4) is 0 Å². The van der Waals surface area contributed by atoms with Gasteiger partial charge in [-0.2, -0.15) is 0 Å². The Kier molecular flexibility index (Phi) is 11.8. The van der Waals surface area contributed by atoms with Gasteiger partial charge in [-0.05, 0) is 72.9 Å². The fourth-order valence-corrected chi connectivity index (χ4v) is 9.48. The van der Waals surface area contributed by atoms with Crippen LogP contribution in [-0.4, -0.2) is 94.1 Å². The third-order valence-corrected chi connectivity index (χ3v) is 12.3. The Morgan fingerprint density at radius 3 is 2.40 bits per heavy atom. The van der Waals surface area contributed by atoms with E-state index in [1.165, 1.54) is 6.42 Å². The second kappa shape index (κ2) is 15.2. The van der Waals surface area contributed by atoms with E-state index >= 15 is 0 Å². The molecule has 4 rings (SSSR count). The van der Waals surface area contributed by atoms with Crippen molar-refractivity contribution < 1.29 is 36.3 Å². The van der Waals surface area contributed by atoms with E-state index in [1.807, 2.05) is 37.3 Å². The molecule has 1 heterocycles. The lowest BCUT2D eigenvalue weighted by Crippen LogP contribution is -2.42. The maximum absolute atomic E-state index is 13.5. The van der Waals surface area contributed by atoms with E-state index in [-0.39, 0.29) is 35.4 Å². The molecule has 45 heavy (non-hydrogen) atoms. The van der Waals surface area contributed by atoms with E-state index < -0.39 is 42.8 Å². The number of carbonyl (C=O) groups is 2. The van der Waals surface area contributed by atoms with Crippen LogP contribution in [0, 0.1) is 12.8 Å². The number of aliphatic carboxylic acids is 1. The molecule has 1 unspecified atom stereocenters. The van der Waals surface area contributed by atoms with Crippen LogP contribution in [0.25, 0.3) is 11.1 Å². The number of carboxylic acids is 1. The Labute approximate surface area is 267 Å². The minimum Gasteiger partial charge on any atom is -0.480 e. The first-order valence-corrected chi connectivity index (χ1v) is 19.4. The van der Waals surface area contributed by atoms with Gasteiger partial charge in [0.1, 0.15) is 15.9 Å². The zero-order chi connectivity index (χ0) is 32.8. The van der Waals surface area contributed by atoms with Crippen LogP contribution in [0.1, 0.15) is 66.4 Å². The number of sulfone groups is 2. The summed E-state index contributed by atoms with van der Waals surface area (Å²) in [7, 11) is -5.08. The first kappa shape index (κ1) is 35.1. The molecule has 0 aromatic heterocycles. The number of nitrogens with one attached hydrogen (secondary N) is 1. The van der Waals surface area contributed by atoms with Gasteiger partial charge in [0.2, 0.25) is 0 Å². The second-order valence-electron chi connectivity index (χ2n) is 12.7. The average Bonchev–Trinajstić information content (AvgIpc) is 3.38. The summed E-state index contributed by atoms with van der Waals surface area (Å²) in [4.78, 5) is 27.5. The van der Waals surface area contributed by atoms with Gasteiger partial charge in [-0.1, -0.05) is 49.6 Å². The Hall–Kier alpha value is -2.80. The number of likely N-dealkylation sites (tertiary alicyclic amines) is 1. The van der Waals surface area contributed by atoms with Gasteiger partial charge in [0.15, 0.2) is 9.84 Å². The number of rotatable bonds is 14. The molecule has 248 valence electrons. The van der Waals surface area contributed by atoms with E-state index in [1.54, 1.807) is 19.2 Å². The number of hydrogen-bond donors (Lipinski definition) is 2. The van der Waals surface area contributed by atoms with E-state index in [0.717, 1.165) is 48.6 Å². The first-order valence-electron chi connectivity index (χ1n) is 15.6. The number of benzene rings is 2. The Balaban J connectivity index is 1.59. The molecule has 1 saturated heterocycles. The molecule has 1 aliphatic heterocycles. The molecule has 2 aromatic rings. The van der Waals surface area contributed by atoms with Gasteiger partial charge >= 0.3 is 5.97 Å². The van der Waals surface area contributed by atoms with Crippen LogP contribution in [0.5, 0.6) is 0 Å². The largest absolute Gasteiger partial charge is 0.480 e. The third kappa shape index (κ3) is 9.60. The van der Waals surface area contributed by atoms with E-state index in [4.69, 9.17) is 4.74 Å². The molecule has 3 atom stereocenters. The first-order chi connectivity index (χ1) is 21.3. The van der Waals surface area contributed by atoms with Crippen molar-refractivity contribution in [2.75, 3.05) is 38.0 Å². The van der Waals surface area contributed by atoms with Crippen molar-refractivity contribution in [3.05, 3.63) is 59.2 Å². The van der Waals surface area contributed by atoms with Crippen LogP contribution in [0.4, 0.5) is 0 Å². The fraction of sp³-hybridized carbons (Fsp3) is 0.576. The number of hydrogen-bond acceptors (Lipinski definition) is 8. The highest BCUT2D eigenvalue weighted by Crippen LogP contribution is 2.33. The Bertz CT molecular complexity index is 1570. The number of carboxylic acid groups (broad SMARTS) is 1. The summed E-state index contributed by atoms with van der Waals surface area (Å²) in [6.45, 7) is 3.19. The van der Waals surface area contributed by atoms with Crippen molar-refractivity contribution in [3.8, 4) is 11.1 Å². The van der Waals surface area contributed by atoms with Gasteiger partial charge in [-0.15, -0.1) is 0 Å². The Morgan fingerprint density at radius 1 is 1.04 bits per heavy atom. The smallest absolute Gasteiger partial charge is 0.326 e. The maximum Gasteiger partial charge on any atom is 0.326 e. The van der Waals surface area contributed by atoms with E-state index in [0.29, 0.717) is 31.7 Å². The van der Waals surface area contributed by atoms with Crippen LogP contribution in [0.15, 0.2) is 42.5 Å². The van der Waals surface area contributed by atoms with Crippen molar-refractivity contribution in [1.82, 2.24) is 10.2 Å². The van der Waals surface area contributed by atoms with Crippen molar-refractivity contribution in [3.63, 3.8) is 0 Å². The van der Waals surface area contributed by atoms with Crippen LogP contribution < -0.4 is 5.32 Å². The highest BCUT2D eigenvalue weighted by Gasteiger charge is 2.40. The Morgan fingerprint density at radius 2 is 1.76 bits per heavy atom. The zero-order valence-electron chi connectivity index (χ0n) is 26.4. The number of amides is 1. The van der Waals surface area contributed by atoms with Crippen molar-refractivity contribution in [1.29, 1.82) is 0 Å². The molecule has 2 N–H and O–H groups in total. The predicted octanol–water partition coefficient (Wildman–Crippen LogP) is 3.86. The number of carbonyl (C=O) groups excluding carboxylic acids is 1. The molecule has 0 spiro atoms. The second-order valence-corrected chi connectivity index (χ2v) is 17.3. The summed E-state index contributed by atoms with van der Waals surface area (Å²) in [5.41, 5.74) is 3.47. The molecule has 2 aromatic carbocycles. The number of ether oxygens (including phenoxy) is 1. The van der Waals surface area contributed by atoms with Crippen LogP contribution >= 0.6 is 0 Å². The highest BCUT2D eigenvalue weighted by molar-refractivity contribution is 7.92. The third-order valence-electron chi connectivity index (χ3n) is 9.08. The topological polar surface area (TPSA) is 147 Å². The van der Waals surface area contributed by atoms with Gasteiger partial charge < -0.3 is 15.2 Å². The summed E-state index contributed by atoms with van der Waals surface area (Å²) < 4.78 is 55.8. The lowest BCUT2D eigenvalue weighted by atomic mass is 9.91. The molecule has 1 saturated carbocycles. The normalized spacial score (nSPS) is 20.6. The number of methoxy groups -OCH3 is 1. The molecular weight excluding hydrogens is 617 g/mol. The maximum atomic E-state index is 13.5. The van der Waals surface area contributed by atoms with Crippen LogP contribution in [0.2, 0.25) is 0 Å². The summed E-state index contributed by atoms with van der Waals surface area (Å²) in [6, 6.07) is 11.5. The lowest BCUT2D eigenvalue weighted by molar-refractivity contribution is -0.139. The standard InChI is InChI=1S/C33H46N2O8S2/c1-23-9-7-8-12-28(23)30-17-25(13-14-29(30)32(36)34-31(33(37)38)15-16-44(3,39)40)19-35-20-27(18-26(35)21-43-2)45(41,42)22-24-10-5-4-6-11-24/h7-9,12-14,17,24,26-27,31H,4-6,10-11,15-16,18-22H2,1-3H3,(H,34,36)(H,37,38)/t26-,27?,31+/m1/s1. The molecule has 2 fully saturated rings. The molecule has 0 bridgehead atoms. The van der Waals surface area contributed by atoms with Crippen LogP contribution in [-0.2, 0) is 35.8 Å². The molecule has 2 aliphatic rings. The van der Waals surface area contributed by atoms with Gasteiger partial charge in [0, 0.05) is 38.1 Å². The molecule has 1 aliphatic carbocycles. The summed E-state index contributed by atoms with van der Waals surface area (Å²) in [6.07, 6.45) is 6.60. The van der Waals surface area contributed by atoms with E-state index in [2.05, 4.69) is 10.2 Å². The number of nitrogens with zero attached hydrogens (tertiary/aromatic N) is 1. The predicted molar refractivity (Wildman–Crippen MR) is 175 cm³/mol. The summed E-state index contributed by atoms with van der Waals surface area (Å²) >= 11 is 0. The quantitative estimate of drug-likeness (QED) is 0.308. The number of aryl methyl sites for hydroxylation is 1. The van der Waals surface area contributed by atoms with Gasteiger partial charge in [0.05, 0.1) is 23.4 Å². The van der Waals surface area contributed by atoms with E-state index in [9.17, 15) is 31.5 Å². The lowest BCUT2D eigenvalue weighted by Gasteiger charge is -2.25. The van der Waals surface area contributed by atoms with Crippen molar-refractivity contribution in [2.24, 2.45) is 5.92 Å². The molecular formula is C33H46N2O8S2. The summed E-state index contributed by atoms with van der Waals surface area (Å²) in [5, 5.41) is 11.7. The van der Waals surface area contributed by atoms with Gasteiger partial charge in [0.25, 0.3) is 5.91 Å². The average molecular weight is 663 g/mol. The molecule has 12 heteroatoms. The van der Waals surface area contributed by atoms with Gasteiger partial charge in [-0.3, -0.25) is 9.69 Å². The summed E-state index contributed by atoms with van der Waals surface area (Å²) in [5.74, 6) is -1.82. The molecule has 10 nitrogen and oxygen atoms in total. The molecule has 0 radical (unpaired) electrons. The molecule has 1 amide bonds. The minimum atomic E-state index is -3.42. The fourth-order valence-electron chi connectivity index (χ4n) is 6.62. The SMILES string of the molecule is COC[C@H]1CC(S(=O)(=O)CC2CCCCC2)CN1Cc1ccc(C(=O)N[C@@H](CCS(C)(=O)=O)C(=O)O)c(-c2ccccc2C)c1. The van der Waals surface area contributed by atoms with Gasteiger partial charge in [-0.25, -0.2) is 21.6 Å². The minimum absolute atomic E-state index is 0.0720. The highest BCUT2D eigenvalue weighted by atomic mass is 32.2.